The Morgan fingerprint density at radius 1 is 0.810 bits per heavy atom. The molecule has 2 N–H and O–H groups in total. The van der Waals surface area contributed by atoms with Gasteiger partial charge in [-0.1, -0.05) is 0 Å². The fraction of sp³-hybridized carbons (Fsp3) is 1.00. The summed E-state index contributed by atoms with van der Waals surface area (Å²) in [7, 11) is 1.65. The van der Waals surface area contributed by atoms with Crippen molar-refractivity contribution in [1.29, 1.82) is 0 Å². The fourth-order valence-corrected chi connectivity index (χ4v) is 1.59. The highest BCUT2D eigenvalue weighted by molar-refractivity contribution is 4.60. The normalized spacial score (nSPS) is 17.4. The van der Waals surface area contributed by atoms with Crippen LogP contribution in [0, 0.1) is 0 Å². The van der Waals surface area contributed by atoms with Crippen LogP contribution in [0.3, 0.4) is 0 Å². The van der Waals surface area contributed by atoms with Gasteiger partial charge in [-0.05, 0) is 33.6 Å². The number of hydrogen-bond acceptors (Lipinski definition) is 6. The highest BCUT2D eigenvalue weighted by Crippen LogP contribution is 2.07. The Hall–Kier alpha value is -0.240. The quantitative estimate of drug-likeness (QED) is 0.466. The average molecular weight is 308 g/mol. The minimum Gasteiger partial charge on any atom is -0.391 e. The van der Waals surface area contributed by atoms with E-state index in [1.165, 1.54) is 0 Å². The molecule has 6 nitrogen and oxygen atoms in total. The first-order valence-electron chi connectivity index (χ1n) is 7.61. The number of hydrogen-bond donors (Lipinski definition) is 2. The molecule has 0 saturated heterocycles. The van der Waals surface area contributed by atoms with Crippen LogP contribution in [0.4, 0.5) is 0 Å². The van der Waals surface area contributed by atoms with Crippen LogP contribution < -0.4 is 0 Å². The highest BCUT2D eigenvalue weighted by Gasteiger charge is 2.12. The maximum atomic E-state index is 9.13. The summed E-state index contributed by atoms with van der Waals surface area (Å²) in [5.41, 5.74) is 0. The van der Waals surface area contributed by atoms with E-state index < -0.39 is 12.2 Å². The van der Waals surface area contributed by atoms with E-state index in [0.717, 1.165) is 12.8 Å². The molecule has 0 radical (unpaired) electrons. The van der Waals surface area contributed by atoms with Gasteiger partial charge in [0.2, 0.25) is 0 Å². The minimum absolute atomic E-state index is 0.0191. The van der Waals surface area contributed by atoms with Crippen molar-refractivity contribution in [3.63, 3.8) is 0 Å². The first-order chi connectivity index (χ1) is 9.95. The lowest BCUT2D eigenvalue weighted by atomic mass is 10.2. The molecule has 0 spiro atoms. The van der Waals surface area contributed by atoms with Crippen molar-refractivity contribution in [3.05, 3.63) is 0 Å². The van der Waals surface area contributed by atoms with E-state index in [1.807, 2.05) is 6.92 Å². The van der Waals surface area contributed by atoms with Gasteiger partial charge in [0.1, 0.15) is 0 Å². The number of ether oxygens (including phenoxy) is 4. The van der Waals surface area contributed by atoms with Crippen LogP contribution in [-0.4, -0.2) is 74.8 Å². The zero-order valence-corrected chi connectivity index (χ0v) is 13.8. The van der Waals surface area contributed by atoms with Crippen molar-refractivity contribution in [1.82, 2.24) is 0 Å². The highest BCUT2D eigenvalue weighted by atomic mass is 16.5. The molecule has 0 rings (SSSR count). The second kappa shape index (κ2) is 13.4. The Bertz CT molecular complexity index is 206. The van der Waals surface area contributed by atoms with E-state index in [-0.39, 0.29) is 12.2 Å². The van der Waals surface area contributed by atoms with Gasteiger partial charge in [0.15, 0.2) is 0 Å². The predicted molar refractivity (Wildman–Crippen MR) is 80.4 cm³/mol. The van der Waals surface area contributed by atoms with Crippen LogP contribution >= 0.6 is 0 Å². The summed E-state index contributed by atoms with van der Waals surface area (Å²) in [4.78, 5) is 0. The third-order valence-electron chi connectivity index (χ3n) is 2.86. The van der Waals surface area contributed by atoms with Gasteiger partial charge < -0.3 is 29.2 Å². The molecule has 0 fully saturated rings. The van der Waals surface area contributed by atoms with Crippen molar-refractivity contribution >= 4 is 0 Å². The smallest absolute Gasteiger partial charge is 0.0776 e. The van der Waals surface area contributed by atoms with Gasteiger partial charge in [-0.3, -0.25) is 0 Å². The van der Waals surface area contributed by atoms with Crippen molar-refractivity contribution in [2.45, 2.75) is 58.0 Å². The van der Waals surface area contributed by atoms with Gasteiger partial charge in [0, 0.05) is 20.3 Å². The first-order valence-corrected chi connectivity index (χ1v) is 7.61. The first kappa shape index (κ1) is 20.8. The molecule has 0 aliphatic carbocycles. The summed E-state index contributed by atoms with van der Waals surface area (Å²) in [6.45, 7) is 7.59. The van der Waals surface area contributed by atoms with Gasteiger partial charge in [0.25, 0.3) is 0 Å². The van der Waals surface area contributed by atoms with Crippen molar-refractivity contribution in [2.75, 3.05) is 40.1 Å². The van der Waals surface area contributed by atoms with Gasteiger partial charge in [-0.25, -0.2) is 0 Å². The molecule has 3 unspecified atom stereocenters. The molecule has 0 aromatic heterocycles. The van der Waals surface area contributed by atoms with E-state index in [0.29, 0.717) is 33.0 Å². The lowest BCUT2D eigenvalue weighted by molar-refractivity contribution is -0.0507. The number of aliphatic hydroxyl groups is 2. The summed E-state index contributed by atoms with van der Waals surface area (Å²) >= 11 is 0. The summed E-state index contributed by atoms with van der Waals surface area (Å²) in [5, 5.41) is 18.3. The summed E-state index contributed by atoms with van der Waals surface area (Å²) in [5.74, 6) is 0. The lowest BCUT2D eigenvalue weighted by Crippen LogP contribution is -2.25. The third-order valence-corrected chi connectivity index (χ3v) is 2.86. The van der Waals surface area contributed by atoms with Gasteiger partial charge in [-0.2, -0.15) is 0 Å². The Kier molecular flexibility index (Phi) is 13.3. The average Bonchev–Trinajstić information content (AvgIpc) is 2.43. The summed E-state index contributed by atoms with van der Waals surface area (Å²) in [6, 6.07) is 0. The predicted octanol–water partition coefficient (Wildman–Crippen LogP) is 0.982. The molecule has 0 aromatic rings. The Balaban J connectivity index is 3.90. The van der Waals surface area contributed by atoms with Gasteiger partial charge in [0.05, 0.1) is 44.2 Å². The summed E-state index contributed by atoms with van der Waals surface area (Å²) in [6.07, 6.45) is 0.636. The van der Waals surface area contributed by atoms with E-state index >= 15 is 0 Å². The second-order valence-electron chi connectivity index (χ2n) is 5.43. The molecular weight excluding hydrogens is 276 g/mol. The van der Waals surface area contributed by atoms with E-state index in [9.17, 15) is 0 Å². The van der Waals surface area contributed by atoms with Crippen LogP contribution in [0.2, 0.25) is 0 Å². The zero-order chi connectivity index (χ0) is 16.1. The second-order valence-corrected chi connectivity index (χ2v) is 5.43. The Labute approximate surface area is 128 Å². The largest absolute Gasteiger partial charge is 0.391 e. The lowest BCUT2D eigenvalue weighted by Gasteiger charge is -2.20. The third kappa shape index (κ3) is 14.5. The van der Waals surface area contributed by atoms with Crippen LogP contribution in [-0.2, 0) is 18.9 Å². The maximum absolute atomic E-state index is 9.13. The number of rotatable bonds is 14. The maximum Gasteiger partial charge on any atom is 0.0776 e. The molecule has 6 heteroatoms. The van der Waals surface area contributed by atoms with Crippen LogP contribution in [0.1, 0.15) is 33.6 Å². The standard InChI is InChI=1S/C15H32O6/c1-12(16)9-19-7-5-15(21-11-14(3)18-4)6-8-20-10-13(2)17/h12-17H,5-11H2,1-4H3. The minimum atomic E-state index is -0.452. The molecule has 0 aliphatic rings. The fourth-order valence-electron chi connectivity index (χ4n) is 1.59. The van der Waals surface area contributed by atoms with Crippen molar-refractivity contribution < 1.29 is 29.2 Å². The van der Waals surface area contributed by atoms with Crippen LogP contribution in [0.15, 0.2) is 0 Å². The van der Waals surface area contributed by atoms with Crippen LogP contribution in [0.5, 0.6) is 0 Å². The molecular formula is C15H32O6. The molecule has 0 saturated carbocycles. The number of methoxy groups -OCH3 is 1. The van der Waals surface area contributed by atoms with Gasteiger partial charge >= 0.3 is 0 Å². The molecule has 0 amide bonds. The van der Waals surface area contributed by atoms with Crippen molar-refractivity contribution in [2.24, 2.45) is 0 Å². The summed E-state index contributed by atoms with van der Waals surface area (Å²) < 4.78 is 21.7. The molecule has 128 valence electrons. The Morgan fingerprint density at radius 3 is 1.67 bits per heavy atom. The molecule has 0 bridgehead atoms. The van der Waals surface area contributed by atoms with E-state index in [2.05, 4.69) is 0 Å². The topological polar surface area (TPSA) is 77.4 Å². The van der Waals surface area contributed by atoms with Crippen molar-refractivity contribution in [3.8, 4) is 0 Å². The SMILES string of the molecule is COC(C)COC(CCOCC(C)O)CCOCC(C)O. The monoisotopic (exact) mass is 308 g/mol. The van der Waals surface area contributed by atoms with E-state index in [4.69, 9.17) is 29.2 Å². The number of aliphatic hydroxyl groups excluding tert-OH is 2. The van der Waals surface area contributed by atoms with E-state index in [1.54, 1.807) is 21.0 Å². The Morgan fingerprint density at radius 2 is 1.29 bits per heavy atom. The molecule has 0 aliphatic heterocycles. The van der Waals surface area contributed by atoms with Crippen LogP contribution in [0.25, 0.3) is 0 Å². The molecule has 0 heterocycles. The molecule has 0 aromatic carbocycles. The zero-order valence-electron chi connectivity index (χ0n) is 13.8. The van der Waals surface area contributed by atoms with Gasteiger partial charge in [-0.15, -0.1) is 0 Å². The molecule has 21 heavy (non-hydrogen) atoms. The molecule has 3 atom stereocenters.